The van der Waals surface area contributed by atoms with Crippen LogP contribution in [0.15, 0.2) is 17.1 Å². The number of esters is 1. The molecule has 0 saturated carbocycles. The highest BCUT2D eigenvalue weighted by Crippen LogP contribution is 2.22. The molecule has 0 aromatic carbocycles. The van der Waals surface area contributed by atoms with Crippen molar-refractivity contribution in [2.24, 2.45) is 10.4 Å². The minimum atomic E-state index is -0.551. The molecule has 13 heavy (non-hydrogen) atoms. The molecule has 1 aliphatic heterocycles. The molecule has 1 atom stereocenters. The maximum absolute atomic E-state index is 11.4. The molecule has 1 heterocycles. The van der Waals surface area contributed by atoms with Crippen molar-refractivity contribution in [1.82, 2.24) is 0 Å². The van der Waals surface area contributed by atoms with Crippen LogP contribution in [-0.2, 0) is 9.53 Å². The van der Waals surface area contributed by atoms with Gasteiger partial charge in [-0.25, -0.2) is 0 Å². The molecule has 3 nitrogen and oxygen atoms in total. The molecule has 74 valence electrons. The molecule has 1 aliphatic rings. The first-order valence-corrected chi connectivity index (χ1v) is 4.04. The van der Waals surface area contributed by atoms with Crippen LogP contribution in [0.3, 0.4) is 0 Å². The summed E-state index contributed by atoms with van der Waals surface area (Å²) in [4.78, 5) is 15.4. The van der Waals surface area contributed by atoms with Crippen molar-refractivity contribution < 1.29 is 9.53 Å². The summed E-state index contributed by atoms with van der Waals surface area (Å²) < 4.78 is 4.92. The third-order valence-corrected chi connectivity index (χ3v) is 1.82. The fraction of sp³-hybridized carbons (Fsp3) is 0.556. The van der Waals surface area contributed by atoms with E-state index in [2.05, 4.69) is 4.99 Å². The van der Waals surface area contributed by atoms with Crippen molar-refractivity contribution in [2.45, 2.75) is 13.8 Å². The van der Waals surface area contributed by atoms with E-state index in [1.807, 2.05) is 13.0 Å². The highest BCUT2D eigenvalue weighted by Gasteiger charge is 2.32. The topological polar surface area (TPSA) is 38.7 Å². The predicted molar refractivity (Wildman–Crippen MR) is 54.5 cm³/mol. The summed E-state index contributed by atoms with van der Waals surface area (Å²) in [7, 11) is 0. The molecule has 0 aromatic rings. The lowest BCUT2D eigenvalue weighted by atomic mass is 9.89. The molecule has 0 aliphatic carbocycles. The Morgan fingerprint density at radius 3 is 2.85 bits per heavy atom. The lowest BCUT2D eigenvalue weighted by Crippen LogP contribution is -2.32. The van der Waals surface area contributed by atoms with Gasteiger partial charge in [-0.05, 0) is 19.9 Å². The van der Waals surface area contributed by atoms with Gasteiger partial charge in [0.05, 0.1) is 13.2 Å². The zero-order valence-corrected chi connectivity index (χ0v) is 8.63. The van der Waals surface area contributed by atoms with Gasteiger partial charge in [-0.2, -0.15) is 0 Å². The molecule has 0 fully saturated rings. The van der Waals surface area contributed by atoms with Crippen LogP contribution in [0.5, 0.6) is 0 Å². The number of rotatable bonds is 2. The Morgan fingerprint density at radius 1 is 1.69 bits per heavy atom. The van der Waals surface area contributed by atoms with Gasteiger partial charge < -0.3 is 4.74 Å². The van der Waals surface area contributed by atoms with Gasteiger partial charge in [-0.3, -0.25) is 9.79 Å². The van der Waals surface area contributed by atoms with Crippen LogP contribution in [0.1, 0.15) is 13.8 Å². The number of nitrogens with zero attached hydrogens (tertiary/aromatic N) is 1. The van der Waals surface area contributed by atoms with E-state index in [1.54, 1.807) is 19.2 Å². The maximum Gasteiger partial charge on any atom is 0.317 e. The molecule has 0 N–H and O–H groups in total. The number of allylic oxidation sites excluding steroid dienone is 1. The van der Waals surface area contributed by atoms with Crippen molar-refractivity contribution in [2.75, 3.05) is 13.2 Å². The second-order valence-electron chi connectivity index (χ2n) is 2.99. The van der Waals surface area contributed by atoms with E-state index in [4.69, 9.17) is 4.74 Å². The average Bonchev–Trinajstić information content (AvgIpc) is 2.06. The maximum atomic E-state index is 11.4. The lowest BCUT2D eigenvalue weighted by Gasteiger charge is -2.22. The van der Waals surface area contributed by atoms with E-state index in [-0.39, 0.29) is 18.4 Å². The van der Waals surface area contributed by atoms with Crippen LogP contribution in [0.2, 0.25) is 0 Å². The van der Waals surface area contributed by atoms with Gasteiger partial charge in [0, 0.05) is 6.21 Å². The number of dihydropyridines is 1. The Balaban J connectivity index is 0.00000144. The number of carbonyl (C=O) groups is 1. The van der Waals surface area contributed by atoms with Crippen LogP contribution >= 0.6 is 12.4 Å². The van der Waals surface area contributed by atoms with Crippen molar-refractivity contribution in [3.8, 4) is 0 Å². The summed E-state index contributed by atoms with van der Waals surface area (Å²) in [6.07, 6.45) is 5.30. The molecule has 1 rings (SSSR count). The molecule has 4 heteroatoms. The summed E-state index contributed by atoms with van der Waals surface area (Å²) in [5, 5.41) is 0. The molecule has 0 aromatic heterocycles. The van der Waals surface area contributed by atoms with Gasteiger partial charge in [0.2, 0.25) is 0 Å². The van der Waals surface area contributed by atoms with Crippen molar-refractivity contribution in [1.29, 1.82) is 0 Å². The minimum Gasteiger partial charge on any atom is -0.465 e. The zero-order valence-electron chi connectivity index (χ0n) is 7.82. The summed E-state index contributed by atoms with van der Waals surface area (Å²) >= 11 is 0. The SMILES string of the molecule is CCOC(=O)[C@@]1(C)C=CC=NC1.Cl. The molecule has 0 amide bonds. The van der Waals surface area contributed by atoms with E-state index in [1.165, 1.54) is 0 Å². The molecule has 0 saturated heterocycles. The number of ether oxygens (including phenoxy) is 1. The van der Waals surface area contributed by atoms with Crippen molar-refractivity contribution in [3.63, 3.8) is 0 Å². The second-order valence-corrected chi connectivity index (χ2v) is 2.99. The fourth-order valence-electron chi connectivity index (χ4n) is 1.04. The fourth-order valence-corrected chi connectivity index (χ4v) is 1.04. The van der Waals surface area contributed by atoms with E-state index < -0.39 is 5.41 Å². The summed E-state index contributed by atoms with van der Waals surface area (Å²) in [5.41, 5.74) is -0.551. The minimum absolute atomic E-state index is 0. The number of aliphatic imine (C=N–C) groups is 1. The van der Waals surface area contributed by atoms with Crippen molar-refractivity contribution in [3.05, 3.63) is 12.2 Å². The summed E-state index contributed by atoms with van der Waals surface area (Å²) in [6, 6.07) is 0. The van der Waals surface area contributed by atoms with Gasteiger partial charge in [0.1, 0.15) is 5.41 Å². The Labute approximate surface area is 84.3 Å². The van der Waals surface area contributed by atoms with Crippen LogP contribution in [0.4, 0.5) is 0 Å². The molecule has 0 radical (unpaired) electrons. The Bertz CT molecular complexity index is 238. The van der Waals surface area contributed by atoms with Gasteiger partial charge >= 0.3 is 5.97 Å². The Kier molecular flexibility index (Phi) is 4.70. The van der Waals surface area contributed by atoms with Crippen LogP contribution in [0, 0.1) is 5.41 Å². The monoisotopic (exact) mass is 203 g/mol. The van der Waals surface area contributed by atoms with E-state index in [0.29, 0.717) is 13.2 Å². The standard InChI is InChI=1S/C9H13NO2.ClH/c1-3-12-8(11)9(2)5-4-6-10-7-9;/h4-6H,3,7H2,1-2H3;1H/t9-;/m0./s1. The highest BCUT2D eigenvalue weighted by molar-refractivity contribution is 5.85. The largest absolute Gasteiger partial charge is 0.465 e. The first kappa shape index (κ1) is 12.2. The van der Waals surface area contributed by atoms with Crippen LogP contribution in [0.25, 0.3) is 0 Å². The summed E-state index contributed by atoms with van der Waals surface area (Å²) in [5.74, 6) is -0.196. The zero-order chi connectivity index (χ0) is 9.03. The molecule has 0 spiro atoms. The Hall–Kier alpha value is -0.830. The Morgan fingerprint density at radius 2 is 2.38 bits per heavy atom. The smallest absolute Gasteiger partial charge is 0.317 e. The number of hydrogen-bond acceptors (Lipinski definition) is 3. The number of hydrogen-bond donors (Lipinski definition) is 0. The highest BCUT2D eigenvalue weighted by atomic mass is 35.5. The summed E-state index contributed by atoms with van der Waals surface area (Å²) in [6.45, 7) is 4.55. The van der Waals surface area contributed by atoms with Gasteiger partial charge in [-0.15, -0.1) is 12.4 Å². The van der Waals surface area contributed by atoms with Gasteiger partial charge in [0.25, 0.3) is 0 Å². The van der Waals surface area contributed by atoms with Crippen LogP contribution < -0.4 is 0 Å². The van der Waals surface area contributed by atoms with E-state index in [0.717, 1.165) is 0 Å². The van der Waals surface area contributed by atoms with E-state index in [9.17, 15) is 4.79 Å². The molecule has 0 bridgehead atoms. The van der Waals surface area contributed by atoms with Crippen LogP contribution in [-0.4, -0.2) is 25.3 Å². The van der Waals surface area contributed by atoms with Gasteiger partial charge in [-0.1, -0.05) is 6.08 Å². The molecule has 0 unspecified atom stereocenters. The third-order valence-electron chi connectivity index (χ3n) is 1.82. The normalized spacial score (nSPS) is 25.1. The second kappa shape index (κ2) is 5.02. The van der Waals surface area contributed by atoms with Gasteiger partial charge in [0.15, 0.2) is 0 Å². The first-order valence-electron chi connectivity index (χ1n) is 4.04. The van der Waals surface area contributed by atoms with E-state index >= 15 is 0 Å². The first-order chi connectivity index (χ1) is 5.69. The number of carbonyl (C=O) groups excluding carboxylic acids is 1. The van der Waals surface area contributed by atoms with Crippen molar-refractivity contribution >= 4 is 24.6 Å². The molecular formula is C9H14ClNO2. The number of halogens is 1. The average molecular weight is 204 g/mol. The lowest BCUT2D eigenvalue weighted by molar-refractivity contribution is -0.151. The quantitative estimate of drug-likeness (QED) is 0.640. The third kappa shape index (κ3) is 2.84. The predicted octanol–water partition coefficient (Wildman–Crippen LogP) is 1.62. The molecular weight excluding hydrogens is 190 g/mol.